The van der Waals surface area contributed by atoms with Gasteiger partial charge in [-0.1, -0.05) is 11.6 Å². The van der Waals surface area contributed by atoms with Crippen molar-refractivity contribution in [3.63, 3.8) is 0 Å². The normalized spacial score (nSPS) is 11.4. The smallest absolute Gasteiger partial charge is 0.387 e. The summed E-state index contributed by atoms with van der Waals surface area (Å²) in [5.41, 5.74) is 0.282. The molecule has 0 radical (unpaired) electrons. The van der Waals surface area contributed by atoms with Crippen LogP contribution in [0, 0.1) is 0 Å². The number of amides is 1. The highest BCUT2D eigenvalue weighted by Crippen LogP contribution is 2.28. The van der Waals surface area contributed by atoms with Crippen LogP contribution in [0.3, 0.4) is 0 Å². The van der Waals surface area contributed by atoms with E-state index in [1.54, 1.807) is 7.05 Å². The van der Waals surface area contributed by atoms with E-state index in [9.17, 15) is 22.4 Å². The fourth-order valence-corrected chi connectivity index (χ4v) is 2.38. The maximum Gasteiger partial charge on any atom is 0.387 e. The molecule has 0 fully saturated rings. The number of carbonyl (C=O) groups is 1. The number of alkyl halides is 4. The van der Waals surface area contributed by atoms with Gasteiger partial charge in [0.1, 0.15) is 11.6 Å². The minimum atomic E-state index is -3.01. The van der Waals surface area contributed by atoms with Gasteiger partial charge >= 0.3 is 13.2 Å². The molecule has 0 aliphatic heterocycles. The molecule has 2 aromatic rings. The van der Waals surface area contributed by atoms with E-state index in [1.165, 1.54) is 29.3 Å². The van der Waals surface area contributed by atoms with Gasteiger partial charge in [-0.3, -0.25) is 14.3 Å². The molecular weight excluding hydrogens is 380 g/mol. The van der Waals surface area contributed by atoms with Crippen molar-refractivity contribution >= 4 is 23.2 Å². The molecule has 1 aromatic carbocycles. The van der Waals surface area contributed by atoms with Crippen molar-refractivity contribution in [1.29, 1.82) is 0 Å². The number of hydrogen-bond donors (Lipinski definition) is 1. The Morgan fingerprint density at radius 3 is 2.73 bits per heavy atom. The first-order valence-electron chi connectivity index (χ1n) is 7.29. The fourth-order valence-electron chi connectivity index (χ4n) is 2.16. The Kier molecular flexibility index (Phi) is 6.81. The van der Waals surface area contributed by atoms with E-state index in [1.807, 2.05) is 0 Å². The average molecular weight is 395 g/mol. The number of nitrogens with one attached hydrogen (secondary N) is 1. The molecule has 0 aliphatic carbocycles. The summed E-state index contributed by atoms with van der Waals surface area (Å²) in [6.07, 6.45) is 2.40. The third-order valence-electron chi connectivity index (χ3n) is 3.22. The number of anilines is 1. The predicted molar refractivity (Wildman–Crippen MR) is 86.5 cm³/mol. The van der Waals surface area contributed by atoms with Gasteiger partial charge in [0.2, 0.25) is 5.91 Å². The van der Waals surface area contributed by atoms with Crippen molar-refractivity contribution in [2.75, 3.05) is 18.9 Å². The molecule has 1 heterocycles. The molecule has 11 heteroatoms. The number of benzene rings is 1. The Bertz CT molecular complexity index is 757. The molecule has 6 nitrogen and oxygen atoms in total. The van der Waals surface area contributed by atoms with E-state index < -0.39 is 19.1 Å². The third-order valence-corrected chi connectivity index (χ3v) is 3.51. The van der Waals surface area contributed by atoms with Crippen molar-refractivity contribution in [3.05, 3.63) is 41.4 Å². The van der Waals surface area contributed by atoms with Gasteiger partial charge in [0.15, 0.2) is 0 Å². The minimum absolute atomic E-state index is 0.0344. The zero-order chi connectivity index (χ0) is 19.3. The molecule has 26 heavy (non-hydrogen) atoms. The monoisotopic (exact) mass is 394 g/mol. The van der Waals surface area contributed by atoms with Crippen LogP contribution in [0.5, 0.6) is 5.75 Å². The summed E-state index contributed by atoms with van der Waals surface area (Å²) >= 11 is 5.80. The zero-order valence-corrected chi connectivity index (χ0v) is 14.3. The van der Waals surface area contributed by atoms with E-state index in [2.05, 4.69) is 15.0 Å². The van der Waals surface area contributed by atoms with Crippen LogP contribution in [0.2, 0.25) is 5.02 Å². The molecule has 1 amide bonds. The van der Waals surface area contributed by atoms with Crippen LogP contribution in [-0.2, 0) is 11.3 Å². The highest BCUT2D eigenvalue weighted by atomic mass is 35.5. The van der Waals surface area contributed by atoms with Crippen molar-refractivity contribution in [3.8, 4) is 5.75 Å². The molecule has 0 saturated heterocycles. The van der Waals surface area contributed by atoms with Crippen LogP contribution >= 0.6 is 11.6 Å². The lowest BCUT2D eigenvalue weighted by molar-refractivity contribution is -0.117. The third kappa shape index (κ3) is 5.60. The molecule has 0 bridgehead atoms. The van der Waals surface area contributed by atoms with Crippen molar-refractivity contribution in [1.82, 2.24) is 14.5 Å². The predicted octanol–water partition coefficient (Wildman–Crippen LogP) is 3.60. The van der Waals surface area contributed by atoms with Gasteiger partial charge in [0.25, 0.3) is 0 Å². The van der Waals surface area contributed by atoms with Gasteiger partial charge in [-0.05, 0) is 25.2 Å². The Labute approximate surface area is 151 Å². The van der Waals surface area contributed by atoms with Gasteiger partial charge in [-0.2, -0.15) is 17.6 Å². The maximum atomic E-state index is 12.8. The Morgan fingerprint density at radius 2 is 2.12 bits per heavy atom. The van der Waals surface area contributed by atoms with Crippen LogP contribution in [0.4, 0.5) is 23.2 Å². The quantitative estimate of drug-likeness (QED) is 0.695. The number of rotatable bonds is 8. The minimum Gasteiger partial charge on any atom is -0.433 e. The van der Waals surface area contributed by atoms with E-state index in [0.29, 0.717) is 4.57 Å². The number of hydrogen-bond acceptors (Lipinski definition) is 4. The summed E-state index contributed by atoms with van der Waals surface area (Å²) in [7, 11) is 1.57. The van der Waals surface area contributed by atoms with Crippen molar-refractivity contribution in [2.45, 2.75) is 19.7 Å². The van der Waals surface area contributed by atoms with Crippen LogP contribution in [0.15, 0.2) is 30.6 Å². The molecule has 1 N–H and O–H groups in total. The van der Waals surface area contributed by atoms with Gasteiger partial charge in [0, 0.05) is 18.1 Å². The molecule has 0 atom stereocenters. The van der Waals surface area contributed by atoms with Gasteiger partial charge < -0.3 is 10.1 Å². The van der Waals surface area contributed by atoms with Gasteiger partial charge in [0.05, 0.1) is 18.1 Å². The molecular formula is C15H15ClF4N4O2. The Hall–Kier alpha value is -2.33. The SMILES string of the molecule is CN(CC(=O)Nc1ccc(OC(F)F)c(Cl)c1)Cc1nccn1C(F)F. The van der Waals surface area contributed by atoms with E-state index in [4.69, 9.17) is 11.6 Å². The Morgan fingerprint density at radius 1 is 1.38 bits per heavy atom. The lowest BCUT2D eigenvalue weighted by Crippen LogP contribution is -2.30. The average Bonchev–Trinajstić information content (AvgIpc) is 2.97. The second-order valence-corrected chi connectivity index (χ2v) is 5.68. The second kappa shape index (κ2) is 8.86. The summed E-state index contributed by atoms with van der Waals surface area (Å²) in [6.45, 7) is -5.80. The summed E-state index contributed by atoms with van der Waals surface area (Å²) < 4.78 is 54.8. The van der Waals surface area contributed by atoms with Crippen molar-refractivity contribution in [2.24, 2.45) is 0 Å². The summed E-state index contributed by atoms with van der Waals surface area (Å²) in [4.78, 5) is 17.3. The number of likely N-dealkylation sites (N-methyl/N-ethyl adjacent to an activating group) is 1. The van der Waals surface area contributed by atoms with Gasteiger partial charge in [-0.15, -0.1) is 0 Å². The molecule has 0 aliphatic rings. The lowest BCUT2D eigenvalue weighted by Gasteiger charge is -2.17. The number of halogens is 5. The van der Waals surface area contributed by atoms with E-state index >= 15 is 0 Å². The summed E-state index contributed by atoms with van der Waals surface area (Å²) in [6, 6.07) is 3.82. The number of ether oxygens (including phenoxy) is 1. The number of nitrogens with zero attached hydrogens (tertiary/aromatic N) is 3. The molecule has 0 spiro atoms. The first-order valence-corrected chi connectivity index (χ1v) is 7.66. The highest BCUT2D eigenvalue weighted by molar-refractivity contribution is 6.32. The molecule has 0 unspecified atom stereocenters. The van der Waals surface area contributed by atoms with Crippen LogP contribution in [0.25, 0.3) is 0 Å². The number of aromatic nitrogens is 2. The van der Waals surface area contributed by atoms with Crippen LogP contribution < -0.4 is 10.1 Å². The summed E-state index contributed by atoms with van der Waals surface area (Å²) in [5.74, 6) is -0.538. The van der Waals surface area contributed by atoms with E-state index in [-0.39, 0.29) is 35.4 Å². The summed E-state index contributed by atoms with van der Waals surface area (Å²) in [5, 5.41) is 2.44. The first kappa shape index (κ1) is 20.0. The largest absolute Gasteiger partial charge is 0.433 e. The first-order chi connectivity index (χ1) is 12.3. The Balaban J connectivity index is 1.91. The second-order valence-electron chi connectivity index (χ2n) is 5.27. The van der Waals surface area contributed by atoms with Gasteiger partial charge in [-0.25, -0.2) is 4.98 Å². The van der Waals surface area contributed by atoms with E-state index in [0.717, 1.165) is 6.20 Å². The molecule has 1 aromatic heterocycles. The van der Waals surface area contributed by atoms with Crippen LogP contribution in [0.1, 0.15) is 12.4 Å². The molecule has 0 saturated carbocycles. The molecule has 142 valence electrons. The molecule has 2 rings (SSSR count). The lowest BCUT2D eigenvalue weighted by atomic mass is 10.3. The zero-order valence-electron chi connectivity index (χ0n) is 13.5. The van der Waals surface area contributed by atoms with Crippen LogP contribution in [-0.4, -0.2) is 40.6 Å². The number of imidazole rings is 1. The topological polar surface area (TPSA) is 59.4 Å². The highest BCUT2D eigenvalue weighted by Gasteiger charge is 2.15. The fraction of sp³-hybridized carbons (Fsp3) is 0.333. The number of carbonyl (C=O) groups excluding carboxylic acids is 1. The maximum absolute atomic E-state index is 12.8. The standard InChI is InChI=1S/C15H15ClF4N4O2/c1-23(7-12-21-4-5-24(12)14(17)18)8-13(25)22-9-2-3-11(10(16)6-9)26-15(19)20/h2-6,14-15H,7-8H2,1H3,(H,22,25). The van der Waals surface area contributed by atoms with Crippen molar-refractivity contribution < 1.29 is 27.1 Å².